The molecule has 1 amide bonds. The van der Waals surface area contributed by atoms with Crippen LogP contribution in [0.2, 0.25) is 10.0 Å². The van der Waals surface area contributed by atoms with Crippen LogP contribution >= 0.6 is 23.2 Å². The zero-order chi connectivity index (χ0) is 21.7. The Labute approximate surface area is 186 Å². The minimum Gasteiger partial charge on any atom is -0.481 e. The molecule has 3 atom stereocenters. The Kier molecular flexibility index (Phi) is 7.75. The van der Waals surface area contributed by atoms with E-state index in [-0.39, 0.29) is 25.0 Å². The highest BCUT2D eigenvalue weighted by molar-refractivity contribution is 6.30. The van der Waals surface area contributed by atoms with E-state index in [1.807, 2.05) is 36.1 Å². The lowest BCUT2D eigenvalue weighted by Gasteiger charge is -2.45. The van der Waals surface area contributed by atoms with Crippen LogP contribution in [0.3, 0.4) is 0 Å². The molecule has 2 aromatic carbocycles. The van der Waals surface area contributed by atoms with Crippen molar-refractivity contribution in [3.05, 3.63) is 69.7 Å². The molecule has 0 aliphatic carbocycles. The van der Waals surface area contributed by atoms with E-state index >= 15 is 0 Å². The number of carboxylic acids is 1. The van der Waals surface area contributed by atoms with E-state index in [4.69, 9.17) is 27.9 Å². The number of carbonyl (C=O) groups excluding carboxylic acids is 1. The van der Waals surface area contributed by atoms with Crippen LogP contribution in [0.5, 0.6) is 0 Å². The second-order valence-corrected chi connectivity index (χ2v) is 8.33. The molecule has 160 valence electrons. The zero-order valence-corrected chi connectivity index (χ0v) is 18.3. The minimum atomic E-state index is -0.867. The van der Waals surface area contributed by atoms with Gasteiger partial charge in [-0.15, -0.1) is 0 Å². The topological polar surface area (TPSA) is 66.8 Å². The van der Waals surface area contributed by atoms with E-state index in [9.17, 15) is 14.7 Å². The molecule has 2 aromatic rings. The van der Waals surface area contributed by atoms with Gasteiger partial charge in [-0.25, -0.2) is 0 Å². The quantitative estimate of drug-likeness (QED) is 0.563. The Bertz CT molecular complexity index is 870. The summed E-state index contributed by atoms with van der Waals surface area (Å²) in [7, 11) is 0. The van der Waals surface area contributed by atoms with Crippen molar-refractivity contribution in [3.63, 3.8) is 0 Å². The fourth-order valence-electron chi connectivity index (χ4n) is 4.03. The van der Waals surface area contributed by atoms with E-state index in [0.29, 0.717) is 16.5 Å². The molecule has 0 saturated carbocycles. The van der Waals surface area contributed by atoms with Gasteiger partial charge < -0.3 is 14.7 Å². The number of aliphatic carboxylic acids is 1. The van der Waals surface area contributed by atoms with Crippen LogP contribution in [-0.2, 0) is 14.3 Å². The van der Waals surface area contributed by atoms with Gasteiger partial charge in [0.25, 0.3) is 0 Å². The van der Waals surface area contributed by atoms with Crippen LogP contribution < -0.4 is 0 Å². The van der Waals surface area contributed by atoms with Gasteiger partial charge in [-0.1, -0.05) is 60.8 Å². The molecule has 1 fully saturated rings. The number of halogens is 2. The van der Waals surface area contributed by atoms with Crippen molar-refractivity contribution in [1.82, 2.24) is 4.90 Å². The van der Waals surface area contributed by atoms with Gasteiger partial charge in [-0.05, 0) is 48.2 Å². The third-order valence-electron chi connectivity index (χ3n) is 5.38. The summed E-state index contributed by atoms with van der Waals surface area (Å²) in [6.45, 7) is 1.98. The predicted molar refractivity (Wildman–Crippen MR) is 117 cm³/mol. The molecule has 30 heavy (non-hydrogen) atoms. The average Bonchev–Trinajstić information content (AvgIpc) is 2.72. The normalized spacial score (nSPS) is 20.2. The van der Waals surface area contributed by atoms with Crippen LogP contribution in [0.1, 0.15) is 55.9 Å². The second kappa shape index (κ2) is 10.3. The lowest BCUT2D eigenvalue weighted by atomic mass is 9.90. The molecule has 1 saturated heterocycles. The van der Waals surface area contributed by atoms with Gasteiger partial charge in [0.05, 0.1) is 6.04 Å². The van der Waals surface area contributed by atoms with E-state index in [1.165, 1.54) is 0 Å². The van der Waals surface area contributed by atoms with Crippen molar-refractivity contribution < 1.29 is 19.4 Å². The van der Waals surface area contributed by atoms with Crippen LogP contribution in [0.25, 0.3) is 0 Å². The molecule has 0 radical (unpaired) electrons. The molecule has 0 bridgehead atoms. The molecular formula is C23H25Cl2NO4. The Morgan fingerprint density at radius 3 is 2.17 bits per heavy atom. The largest absolute Gasteiger partial charge is 0.481 e. The Morgan fingerprint density at radius 1 is 1.07 bits per heavy atom. The average molecular weight is 450 g/mol. The number of morpholine rings is 1. The summed E-state index contributed by atoms with van der Waals surface area (Å²) < 4.78 is 6.01. The summed E-state index contributed by atoms with van der Waals surface area (Å²) >= 11 is 12.2. The lowest BCUT2D eigenvalue weighted by molar-refractivity contribution is -0.164. The van der Waals surface area contributed by atoms with Crippen molar-refractivity contribution in [2.24, 2.45) is 0 Å². The fourth-order valence-corrected chi connectivity index (χ4v) is 4.28. The minimum absolute atomic E-state index is 0.00819. The van der Waals surface area contributed by atoms with Gasteiger partial charge in [0.2, 0.25) is 5.91 Å². The van der Waals surface area contributed by atoms with Crippen molar-refractivity contribution in [1.29, 1.82) is 0 Å². The van der Waals surface area contributed by atoms with Crippen molar-refractivity contribution in [2.45, 2.75) is 50.8 Å². The molecule has 1 heterocycles. The summed E-state index contributed by atoms with van der Waals surface area (Å²) in [4.78, 5) is 26.1. The smallest absolute Gasteiger partial charge is 0.303 e. The zero-order valence-electron chi connectivity index (χ0n) is 16.8. The van der Waals surface area contributed by atoms with Gasteiger partial charge >= 0.3 is 5.97 Å². The number of benzene rings is 2. The summed E-state index contributed by atoms with van der Waals surface area (Å²) in [5, 5.41) is 10.4. The van der Waals surface area contributed by atoms with Crippen molar-refractivity contribution in [2.75, 3.05) is 6.61 Å². The van der Waals surface area contributed by atoms with Gasteiger partial charge in [-0.2, -0.15) is 0 Å². The standard InChI is InChI=1S/C23H25Cl2NO4/c1-2-3-19(12-13-21(28)29)26-20(27)14-30-23(16-6-10-18(25)11-7-16)22(26)15-4-8-17(24)9-5-15/h4-11,19,22-23H,2-3,12-14H2,1H3,(H,28,29)/t19-,22+,23-/m1/s1. The highest BCUT2D eigenvalue weighted by Crippen LogP contribution is 2.42. The van der Waals surface area contributed by atoms with E-state index in [1.54, 1.807) is 24.3 Å². The van der Waals surface area contributed by atoms with Crippen molar-refractivity contribution >= 4 is 35.1 Å². The maximum atomic E-state index is 13.0. The number of hydrogen-bond donors (Lipinski definition) is 1. The first kappa shape index (κ1) is 22.6. The second-order valence-electron chi connectivity index (χ2n) is 7.46. The molecule has 1 N–H and O–H groups in total. The molecule has 1 aliphatic rings. The summed E-state index contributed by atoms with van der Waals surface area (Å²) in [5.41, 5.74) is 1.80. The number of carbonyl (C=O) groups is 2. The number of nitrogens with zero attached hydrogens (tertiary/aromatic N) is 1. The van der Waals surface area contributed by atoms with Gasteiger partial charge in [-0.3, -0.25) is 9.59 Å². The molecule has 7 heteroatoms. The number of amides is 1. The van der Waals surface area contributed by atoms with Gasteiger partial charge in [0, 0.05) is 22.5 Å². The van der Waals surface area contributed by atoms with Crippen LogP contribution in [0.4, 0.5) is 0 Å². The number of ether oxygens (including phenoxy) is 1. The summed E-state index contributed by atoms with van der Waals surface area (Å²) in [6.07, 6.45) is 1.57. The van der Waals surface area contributed by atoms with Crippen molar-refractivity contribution in [3.8, 4) is 0 Å². The SMILES string of the molecule is CCC[C@H](CCC(=O)O)N1C(=O)CO[C@H](c2ccc(Cl)cc2)[C@@H]1c1ccc(Cl)cc1. The maximum Gasteiger partial charge on any atom is 0.303 e. The predicted octanol–water partition coefficient (Wildman–Crippen LogP) is 5.67. The van der Waals surface area contributed by atoms with Gasteiger partial charge in [0.15, 0.2) is 0 Å². The lowest BCUT2D eigenvalue weighted by Crippen LogP contribution is -2.51. The highest BCUT2D eigenvalue weighted by Gasteiger charge is 2.41. The first-order valence-electron chi connectivity index (χ1n) is 10.1. The fraction of sp³-hybridized carbons (Fsp3) is 0.391. The molecule has 3 rings (SSSR count). The van der Waals surface area contributed by atoms with E-state index in [2.05, 4.69) is 0 Å². The highest BCUT2D eigenvalue weighted by atomic mass is 35.5. The first-order valence-corrected chi connectivity index (χ1v) is 10.8. The van der Waals surface area contributed by atoms with E-state index in [0.717, 1.165) is 24.0 Å². The Morgan fingerprint density at radius 2 is 1.63 bits per heavy atom. The van der Waals surface area contributed by atoms with Gasteiger partial charge in [0.1, 0.15) is 12.7 Å². The Hall–Kier alpha value is -2.08. The van der Waals surface area contributed by atoms with Crippen LogP contribution in [0, 0.1) is 0 Å². The summed E-state index contributed by atoms with van der Waals surface area (Å²) in [6, 6.07) is 14.2. The van der Waals surface area contributed by atoms with Crippen LogP contribution in [0.15, 0.2) is 48.5 Å². The molecule has 0 spiro atoms. The summed E-state index contributed by atoms with van der Waals surface area (Å²) in [5.74, 6) is -1.00. The molecular weight excluding hydrogens is 425 g/mol. The van der Waals surface area contributed by atoms with E-state index < -0.39 is 18.1 Å². The third kappa shape index (κ3) is 5.34. The molecule has 0 unspecified atom stereocenters. The number of hydrogen-bond acceptors (Lipinski definition) is 3. The number of carboxylic acid groups (broad SMARTS) is 1. The maximum absolute atomic E-state index is 13.0. The molecule has 5 nitrogen and oxygen atoms in total. The first-order chi connectivity index (χ1) is 14.4. The molecule has 1 aliphatic heterocycles. The Balaban J connectivity index is 2.05. The van der Waals surface area contributed by atoms with Crippen LogP contribution in [-0.4, -0.2) is 34.5 Å². The molecule has 0 aromatic heterocycles. The monoisotopic (exact) mass is 449 g/mol. The third-order valence-corrected chi connectivity index (χ3v) is 5.88. The number of rotatable bonds is 8.